The van der Waals surface area contributed by atoms with Crippen molar-refractivity contribution in [3.05, 3.63) is 59.7 Å². The van der Waals surface area contributed by atoms with E-state index in [-0.39, 0.29) is 16.1 Å². The van der Waals surface area contributed by atoms with Crippen molar-refractivity contribution in [2.75, 3.05) is 6.54 Å². The van der Waals surface area contributed by atoms with E-state index in [2.05, 4.69) is 21.2 Å². The van der Waals surface area contributed by atoms with Gasteiger partial charge in [0.05, 0.1) is 10.4 Å². The Bertz CT molecular complexity index is 601. The Balaban J connectivity index is 2.01. The Labute approximate surface area is 125 Å². The third kappa shape index (κ3) is 3.30. The van der Waals surface area contributed by atoms with Crippen molar-refractivity contribution < 1.29 is 15.0 Å². The molecule has 104 valence electrons. The SMILES string of the molecule is O=C(NCC(Br)c1ccccc1)c1cccc(O)c1O. The number of hydrogen-bond acceptors (Lipinski definition) is 3. The Hall–Kier alpha value is -2.01. The molecule has 20 heavy (non-hydrogen) atoms. The summed E-state index contributed by atoms with van der Waals surface area (Å²) in [5.74, 6) is -1.15. The van der Waals surface area contributed by atoms with Crippen molar-refractivity contribution >= 4 is 21.8 Å². The van der Waals surface area contributed by atoms with Crippen LogP contribution in [0.3, 0.4) is 0 Å². The molecular weight excluding hydrogens is 322 g/mol. The first-order chi connectivity index (χ1) is 9.59. The first kappa shape index (κ1) is 14.4. The van der Waals surface area contributed by atoms with Crippen LogP contribution in [0, 0.1) is 0 Å². The first-order valence-electron chi connectivity index (χ1n) is 6.07. The molecule has 0 bridgehead atoms. The third-order valence-corrected chi connectivity index (χ3v) is 3.71. The van der Waals surface area contributed by atoms with Crippen molar-refractivity contribution in [3.8, 4) is 11.5 Å². The van der Waals surface area contributed by atoms with E-state index in [1.165, 1.54) is 18.2 Å². The number of halogens is 1. The van der Waals surface area contributed by atoms with Gasteiger partial charge in [-0.3, -0.25) is 4.79 Å². The molecule has 0 aromatic heterocycles. The molecule has 0 heterocycles. The predicted molar refractivity (Wildman–Crippen MR) is 80.2 cm³/mol. The number of nitrogens with one attached hydrogen (secondary N) is 1. The number of aromatic hydroxyl groups is 2. The zero-order valence-electron chi connectivity index (χ0n) is 10.6. The van der Waals surface area contributed by atoms with Crippen molar-refractivity contribution in [1.29, 1.82) is 0 Å². The Morgan fingerprint density at radius 3 is 2.50 bits per heavy atom. The number of benzene rings is 2. The molecule has 0 spiro atoms. The van der Waals surface area contributed by atoms with Gasteiger partial charge < -0.3 is 15.5 Å². The number of carbonyl (C=O) groups is 1. The van der Waals surface area contributed by atoms with E-state index in [0.29, 0.717) is 6.54 Å². The number of para-hydroxylation sites is 1. The summed E-state index contributed by atoms with van der Waals surface area (Å²) in [4.78, 5) is 11.9. The molecule has 3 N–H and O–H groups in total. The molecule has 0 radical (unpaired) electrons. The number of alkyl halides is 1. The second-order valence-electron chi connectivity index (χ2n) is 4.26. The Morgan fingerprint density at radius 1 is 1.10 bits per heavy atom. The van der Waals surface area contributed by atoms with Crippen LogP contribution in [0.5, 0.6) is 11.5 Å². The molecule has 0 fully saturated rings. The van der Waals surface area contributed by atoms with Crippen LogP contribution in [0.4, 0.5) is 0 Å². The molecule has 2 rings (SSSR count). The number of hydrogen-bond donors (Lipinski definition) is 3. The van der Waals surface area contributed by atoms with Crippen molar-refractivity contribution in [2.24, 2.45) is 0 Å². The lowest BCUT2D eigenvalue weighted by Crippen LogP contribution is -2.26. The highest BCUT2D eigenvalue weighted by Gasteiger charge is 2.15. The first-order valence-corrected chi connectivity index (χ1v) is 6.99. The minimum absolute atomic E-state index is 0.0212. The van der Waals surface area contributed by atoms with Crippen LogP contribution >= 0.6 is 15.9 Å². The van der Waals surface area contributed by atoms with Gasteiger partial charge >= 0.3 is 0 Å². The molecule has 4 nitrogen and oxygen atoms in total. The highest BCUT2D eigenvalue weighted by atomic mass is 79.9. The number of phenolic OH excluding ortho intramolecular Hbond substituents is 2. The Morgan fingerprint density at radius 2 is 1.80 bits per heavy atom. The summed E-state index contributed by atoms with van der Waals surface area (Å²) in [5.41, 5.74) is 1.10. The van der Waals surface area contributed by atoms with Gasteiger partial charge in [0.25, 0.3) is 5.91 Å². The molecule has 5 heteroatoms. The van der Waals surface area contributed by atoms with Crippen molar-refractivity contribution in [2.45, 2.75) is 4.83 Å². The van der Waals surface area contributed by atoms with Crippen LogP contribution in [0.15, 0.2) is 48.5 Å². The van der Waals surface area contributed by atoms with Crippen LogP contribution in [-0.2, 0) is 0 Å². The fraction of sp³-hybridized carbons (Fsp3) is 0.133. The summed E-state index contributed by atoms with van der Waals surface area (Å²) in [6.07, 6.45) is 0. The lowest BCUT2D eigenvalue weighted by atomic mass is 10.1. The molecule has 1 amide bonds. The van der Waals surface area contributed by atoms with Gasteiger partial charge in [-0.05, 0) is 17.7 Å². The fourth-order valence-corrected chi connectivity index (χ4v) is 2.24. The summed E-state index contributed by atoms with van der Waals surface area (Å²) in [5, 5.41) is 21.7. The lowest BCUT2D eigenvalue weighted by molar-refractivity contribution is 0.0950. The highest BCUT2D eigenvalue weighted by Crippen LogP contribution is 2.28. The van der Waals surface area contributed by atoms with Crippen molar-refractivity contribution in [3.63, 3.8) is 0 Å². The van der Waals surface area contributed by atoms with Gasteiger partial charge in [-0.25, -0.2) is 0 Å². The topological polar surface area (TPSA) is 69.6 Å². The van der Waals surface area contributed by atoms with E-state index in [0.717, 1.165) is 5.56 Å². The maximum Gasteiger partial charge on any atom is 0.255 e. The van der Waals surface area contributed by atoms with Crippen LogP contribution in [0.25, 0.3) is 0 Å². The van der Waals surface area contributed by atoms with Gasteiger partial charge in [-0.2, -0.15) is 0 Å². The molecule has 0 saturated heterocycles. The monoisotopic (exact) mass is 335 g/mol. The van der Waals surface area contributed by atoms with E-state index >= 15 is 0 Å². The number of amides is 1. The van der Waals surface area contributed by atoms with E-state index in [4.69, 9.17) is 0 Å². The number of carbonyl (C=O) groups excluding carboxylic acids is 1. The van der Waals surface area contributed by atoms with Crippen LogP contribution < -0.4 is 5.32 Å². The zero-order chi connectivity index (χ0) is 14.5. The van der Waals surface area contributed by atoms with Gasteiger partial charge in [0.2, 0.25) is 0 Å². The van der Waals surface area contributed by atoms with Gasteiger partial charge in [-0.1, -0.05) is 52.3 Å². The Kier molecular flexibility index (Phi) is 4.63. The molecule has 0 saturated carbocycles. The quantitative estimate of drug-likeness (QED) is 0.594. The molecule has 0 aliphatic heterocycles. The van der Waals surface area contributed by atoms with Gasteiger partial charge in [0, 0.05) is 6.54 Å². The number of phenols is 2. The van der Waals surface area contributed by atoms with E-state index < -0.39 is 11.7 Å². The smallest absolute Gasteiger partial charge is 0.255 e. The summed E-state index contributed by atoms with van der Waals surface area (Å²) < 4.78 is 0. The largest absolute Gasteiger partial charge is 0.504 e. The van der Waals surface area contributed by atoms with Crippen LogP contribution in [-0.4, -0.2) is 22.7 Å². The fourth-order valence-electron chi connectivity index (χ4n) is 1.77. The standard InChI is InChI=1S/C15H14BrNO3/c16-12(10-5-2-1-3-6-10)9-17-15(20)11-7-4-8-13(18)14(11)19/h1-8,12,18-19H,9H2,(H,17,20). The molecule has 2 aromatic carbocycles. The van der Waals surface area contributed by atoms with Gasteiger partial charge in [0.15, 0.2) is 11.5 Å². The molecule has 1 unspecified atom stereocenters. The average molecular weight is 336 g/mol. The van der Waals surface area contributed by atoms with Crippen LogP contribution in [0.2, 0.25) is 0 Å². The van der Waals surface area contributed by atoms with Gasteiger partial charge in [-0.15, -0.1) is 0 Å². The second-order valence-corrected chi connectivity index (χ2v) is 5.37. The predicted octanol–water partition coefficient (Wildman–Crippen LogP) is 2.96. The highest BCUT2D eigenvalue weighted by molar-refractivity contribution is 9.09. The molecule has 0 aliphatic carbocycles. The van der Waals surface area contributed by atoms with E-state index in [1.54, 1.807) is 0 Å². The lowest BCUT2D eigenvalue weighted by Gasteiger charge is -2.12. The maximum absolute atomic E-state index is 12.0. The minimum atomic E-state index is -0.432. The summed E-state index contributed by atoms with van der Waals surface area (Å²) in [6, 6.07) is 14.0. The average Bonchev–Trinajstić information content (AvgIpc) is 2.48. The van der Waals surface area contributed by atoms with Crippen molar-refractivity contribution in [1.82, 2.24) is 5.32 Å². The molecule has 2 aromatic rings. The van der Waals surface area contributed by atoms with Gasteiger partial charge in [0.1, 0.15) is 0 Å². The van der Waals surface area contributed by atoms with E-state index in [1.807, 2.05) is 30.3 Å². The molecule has 1 atom stereocenters. The second kappa shape index (κ2) is 6.43. The minimum Gasteiger partial charge on any atom is -0.504 e. The summed E-state index contributed by atoms with van der Waals surface area (Å²) >= 11 is 3.49. The molecule has 0 aliphatic rings. The third-order valence-electron chi connectivity index (χ3n) is 2.86. The summed E-state index contributed by atoms with van der Waals surface area (Å²) in [6.45, 7) is 0.373. The maximum atomic E-state index is 12.0. The zero-order valence-corrected chi connectivity index (χ0v) is 12.2. The normalized spacial score (nSPS) is 11.8. The molecular formula is C15H14BrNO3. The van der Waals surface area contributed by atoms with Crippen LogP contribution in [0.1, 0.15) is 20.7 Å². The summed E-state index contributed by atoms with van der Waals surface area (Å²) in [7, 11) is 0. The van der Waals surface area contributed by atoms with E-state index in [9.17, 15) is 15.0 Å². The number of rotatable bonds is 4.